The molecule has 0 saturated carbocycles. The lowest BCUT2D eigenvalue weighted by molar-refractivity contribution is -0.124. The van der Waals surface area contributed by atoms with Crippen LogP contribution in [0.15, 0.2) is 29.7 Å². The number of nitrogens with zero attached hydrogens (tertiary/aromatic N) is 6. The maximum atomic E-state index is 16.2. The van der Waals surface area contributed by atoms with Crippen molar-refractivity contribution in [2.24, 2.45) is 5.92 Å². The van der Waals surface area contributed by atoms with Gasteiger partial charge in [-0.2, -0.15) is 4.98 Å². The Morgan fingerprint density at radius 2 is 1.84 bits per heavy atom. The van der Waals surface area contributed by atoms with E-state index in [1.807, 2.05) is 13.8 Å². The molecule has 2 saturated heterocycles. The molecule has 5 rings (SSSR count). The third kappa shape index (κ3) is 8.24. The van der Waals surface area contributed by atoms with Gasteiger partial charge in [-0.3, -0.25) is 23.0 Å². The predicted octanol–water partition coefficient (Wildman–Crippen LogP) is 0.854. The fourth-order valence-corrected chi connectivity index (χ4v) is 6.93. The summed E-state index contributed by atoms with van der Waals surface area (Å²) < 4.78 is 65.5. The second-order valence-corrected chi connectivity index (χ2v) is 13.5. The molecule has 9 atom stereocenters. The Hall–Kier alpha value is -3.62. The minimum absolute atomic E-state index is 0.00114. The van der Waals surface area contributed by atoms with Crippen LogP contribution in [0.5, 0.6) is 0 Å². The fourth-order valence-electron chi connectivity index (χ4n) is 5.78. The fraction of sp³-hybridized carbons (Fsp3) is 0.643. The topological polar surface area (TPSA) is 252 Å². The maximum absolute atomic E-state index is 16.2. The normalized spacial score (nSPS) is 28.4. The highest BCUT2D eigenvalue weighted by Gasteiger charge is 2.51. The molecule has 2 aliphatic rings. The van der Waals surface area contributed by atoms with E-state index in [2.05, 4.69) is 25.3 Å². The molecular weight excluding hydrogens is 672 g/mol. The number of nitrogens with one attached hydrogen (secondary N) is 1. The molecule has 5 heterocycles. The van der Waals surface area contributed by atoms with E-state index in [0.717, 1.165) is 4.57 Å². The van der Waals surface area contributed by atoms with Gasteiger partial charge in [0.25, 0.3) is 0 Å². The van der Waals surface area contributed by atoms with Crippen LogP contribution in [0.4, 0.5) is 16.0 Å². The third-order valence-corrected chi connectivity index (χ3v) is 9.13. The zero-order valence-corrected chi connectivity index (χ0v) is 28.4. The van der Waals surface area contributed by atoms with Gasteiger partial charge in [0.1, 0.15) is 36.0 Å². The summed E-state index contributed by atoms with van der Waals surface area (Å²) >= 11 is 0. The Kier molecular flexibility index (Phi) is 11.3. The van der Waals surface area contributed by atoms with Crippen molar-refractivity contribution >= 4 is 36.5 Å². The van der Waals surface area contributed by atoms with Crippen molar-refractivity contribution in [3.05, 3.63) is 35.4 Å². The van der Waals surface area contributed by atoms with E-state index in [1.165, 1.54) is 36.6 Å². The van der Waals surface area contributed by atoms with Gasteiger partial charge < -0.3 is 40.6 Å². The summed E-state index contributed by atoms with van der Waals surface area (Å²) in [5.74, 6) is -1.47. The van der Waals surface area contributed by atoms with Crippen LogP contribution in [0.25, 0.3) is 11.2 Å². The molecule has 0 spiro atoms. The Labute approximate surface area is 280 Å². The smallest absolute Gasteiger partial charge is 0.383 e. The van der Waals surface area contributed by atoms with Crippen molar-refractivity contribution in [2.75, 3.05) is 31.7 Å². The zero-order chi connectivity index (χ0) is 35.6. The summed E-state index contributed by atoms with van der Waals surface area (Å²) in [6.45, 7) is 6.42. The molecule has 6 N–H and O–H groups in total. The molecule has 2 aliphatic heterocycles. The first-order chi connectivity index (χ1) is 23.2. The maximum Gasteiger partial charge on any atom is 0.472 e. The van der Waals surface area contributed by atoms with E-state index in [9.17, 15) is 19.0 Å². The van der Waals surface area contributed by atoms with Gasteiger partial charge in [0.05, 0.1) is 31.2 Å². The van der Waals surface area contributed by atoms with E-state index in [0.29, 0.717) is 0 Å². The number of aromatic nitrogens is 6. The SMILES string of the molecule is CO[C@@H]1[C@H](OP(=O)(O)OC(C)C)[C@@H](CNC(=O)C[C@H]2[C@@H](F)[C@H](n3cnc4c(N)ncnc43)O[C@@H]2COC(C)C)O[C@H]1n1ccc(N)nc1=O. The number of hydrogen-bond acceptors (Lipinski definition) is 15. The number of nitrogens with two attached hydrogens (primary N) is 2. The molecule has 3 aromatic rings. The minimum Gasteiger partial charge on any atom is -0.383 e. The van der Waals surface area contributed by atoms with Crippen LogP contribution in [-0.2, 0) is 37.4 Å². The number of amides is 1. The van der Waals surface area contributed by atoms with Crippen molar-refractivity contribution in [1.29, 1.82) is 0 Å². The van der Waals surface area contributed by atoms with Gasteiger partial charge in [-0.25, -0.2) is 28.7 Å². The number of anilines is 2. The number of phosphoric acid groups is 1. The Bertz CT molecular complexity index is 1730. The predicted molar refractivity (Wildman–Crippen MR) is 169 cm³/mol. The largest absolute Gasteiger partial charge is 0.472 e. The summed E-state index contributed by atoms with van der Waals surface area (Å²) in [6, 6.07) is 1.36. The molecule has 21 heteroatoms. The summed E-state index contributed by atoms with van der Waals surface area (Å²) in [5.41, 5.74) is 11.3. The van der Waals surface area contributed by atoms with Crippen molar-refractivity contribution in [3.8, 4) is 0 Å². The number of hydrogen-bond donors (Lipinski definition) is 4. The number of fused-ring (bicyclic) bond motifs is 1. The molecule has 0 aromatic carbocycles. The first kappa shape index (κ1) is 36.7. The first-order valence-corrected chi connectivity index (χ1v) is 17.0. The summed E-state index contributed by atoms with van der Waals surface area (Å²) in [6.07, 6.45) is -5.82. The summed E-state index contributed by atoms with van der Waals surface area (Å²) in [5, 5.41) is 2.69. The number of rotatable bonds is 14. The molecule has 1 amide bonds. The highest BCUT2D eigenvalue weighted by atomic mass is 31.2. The molecule has 19 nitrogen and oxygen atoms in total. The number of imidazole rings is 1. The van der Waals surface area contributed by atoms with Crippen LogP contribution in [0, 0.1) is 5.92 Å². The number of carbonyl (C=O) groups excluding carboxylic acids is 1. The van der Waals surface area contributed by atoms with Gasteiger partial charge in [0.15, 0.2) is 30.1 Å². The van der Waals surface area contributed by atoms with E-state index in [4.69, 9.17) is 39.5 Å². The number of nitrogen functional groups attached to an aromatic ring is 2. The van der Waals surface area contributed by atoms with E-state index < -0.39 is 74.5 Å². The van der Waals surface area contributed by atoms with Crippen LogP contribution in [0.3, 0.4) is 0 Å². The standard InChI is InChI=1S/C28H41FN9O10P/c1-13(2)44-10-17-15(20(29)26(46-17)38-12-35-21-24(31)33-11-34-25(21)38)8-19(39)32-9-16-22(48-49(41,42)47-14(3)4)23(43-5)27(45-16)37-7-6-18(30)36-28(37)40/h6-7,11-17,20,22-23,26-27H,8-10H2,1-5H3,(H,32,39)(H,41,42)(H2,30,36,40)(H2,31,33,34)/t15-,16-,17-,20-,22-,23-,26-,27-/m1/s1. The molecule has 2 fully saturated rings. The van der Waals surface area contributed by atoms with Gasteiger partial charge in [0.2, 0.25) is 5.91 Å². The number of ether oxygens (including phenoxy) is 4. The molecule has 0 radical (unpaired) electrons. The highest BCUT2D eigenvalue weighted by Crippen LogP contribution is 2.49. The van der Waals surface area contributed by atoms with Crippen molar-refractivity contribution in [1.82, 2.24) is 34.4 Å². The average molecular weight is 714 g/mol. The van der Waals surface area contributed by atoms with Gasteiger partial charge >= 0.3 is 13.5 Å². The second kappa shape index (κ2) is 15.1. The van der Waals surface area contributed by atoms with E-state index in [-0.39, 0.29) is 48.5 Å². The van der Waals surface area contributed by atoms with Crippen molar-refractivity contribution in [3.63, 3.8) is 0 Å². The Balaban J connectivity index is 1.34. The number of halogens is 1. The van der Waals surface area contributed by atoms with Crippen LogP contribution < -0.4 is 22.5 Å². The monoisotopic (exact) mass is 713 g/mol. The van der Waals surface area contributed by atoms with E-state index in [1.54, 1.807) is 13.8 Å². The quantitative estimate of drug-likeness (QED) is 0.169. The highest BCUT2D eigenvalue weighted by molar-refractivity contribution is 7.47. The van der Waals surface area contributed by atoms with Crippen LogP contribution in [-0.4, -0.2) is 103 Å². The lowest BCUT2D eigenvalue weighted by atomic mass is 9.95. The third-order valence-electron chi connectivity index (χ3n) is 7.93. The van der Waals surface area contributed by atoms with E-state index >= 15 is 4.39 Å². The lowest BCUT2D eigenvalue weighted by Crippen LogP contribution is -2.43. The van der Waals surface area contributed by atoms with Gasteiger partial charge in [-0.05, 0) is 33.8 Å². The van der Waals surface area contributed by atoms with Crippen molar-refractivity contribution in [2.45, 2.75) is 89.4 Å². The zero-order valence-electron chi connectivity index (χ0n) is 27.5. The molecule has 0 bridgehead atoms. The molecule has 270 valence electrons. The lowest BCUT2D eigenvalue weighted by Gasteiger charge is -2.26. The van der Waals surface area contributed by atoms with Gasteiger partial charge in [-0.1, -0.05) is 0 Å². The van der Waals surface area contributed by atoms with Gasteiger partial charge in [0, 0.05) is 32.2 Å². The van der Waals surface area contributed by atoms with Gasteiger partial charge in [-0.15, -0.1) is 0 Å². The Morgan fingerprint density at radius 1 is 1.10 bits per heavy atom. The summed E-state index contributed by atoms with van der Waals surface area (Å²) in [4.78, 5) is 52.5. The summed E-state index contributed by atoms with van der Waals surface area (Å²) in [7, 11) is -3.39. The molecule has 0 aliphatic carbocycles. The van der Waals surface area contributed by atoms with Crippen LogP contribution in [0.1, 0.15) is 46.6 Å². The number of methoxy groups -OCH3 is 1. The number of phosphoric ester groups is 1. The average Bonchev–Trinajstić information content (AvgIpc) is 3.68. The molecule has 49 heavy (non-hydrogen) atoms. The van der Waals surface area contributed by atoms with Crippen LogP contribution in [0.2, 0.25) is 0 Å². The number of alkyl halides is 1. The molecule has 3 aromatic heterocycles. The molecular formula is C28H41FN9O10P. The minimum atomic E-state index is -4.68. The van der Waals surface area contributed by atoms with Crippen molar-refractivity contribution < 1.29 is 46.6 Å². The second-order valence-electron chi connectivity index (χ2n) is 12.1. The Morgan fingerprint density at radius 3 is 2.51 bits per heavy atom. The van der Waals surface area contributed by atoms with Crippen LogP contribution >= 0.6 is 7.82 Å². The molecule has 1 unspecified atom stereocenters. The first-order valence-electron chi connectivity index (χ1n) is 15.5. The number of carbonyl (C=O) groups is 1.